The molecule has 28 heavy (non-hydrogen) atoms. The van der Waals surface area contributed by atoms with E-state index in [1.54, 1.807) is 13.2 Å². The quantitative estimate of drug-likeness (QED) is 0.439. The van der Waals surface area contributed by atoms with E-state index in [4.69, 9.17) is 9.47 Å². The Balaban J connectivity index is 1.73. The Labute approximate surface area is 173 Å². The fourth-order valence-electron chi connectivity index (χ4n) is 3.00. The van der Waals surface area contributed by atoms with Crippen LogP contribution in [0.2, 0.25) is 0 Å². The molecule has 0 unspecified atom stereocenters. The molecule has 146 valence electrons. The van der Waals surface area contributed by atoms with E-state index >= 15 is 0 Å². The van der Waals surface area contributed by atoms with E-state index in [1.807, 2.05) is 30.3 Å². The zero-order valence-electron chi connectivity index (χ0n) is 16.0. The van der Waals surface area contributed by atoms with Gasteiger partial charge in [0.2, 0.25) is 0 Å². The highest BCUT2D eigenvalue weighted by atomic mass is 79.9. The van der Waals surface area contributed by atoms with Crippen LogP contribution in [-0.4, -0.2) is 7.11 Å². The third kappa shape index (κ3) is 5.04. The molecule has 0 atom stereocenters. The molecule has 3 nitrogen and oxygen atoms in total. The summed E-state index contributed by atoms with van der Waals surface area (Å²) in [5, 5.41) is 3.48. The summed E-state index contributed by atoms with van der Waals surface area (Å²) in [4.78, 5) is 0. The monoisotopic (exact) mass is 443 g/mol. The molecule has 0 aromatic heterocycles. The van der Waals surface area contributed by atoms with Gasteiger partial charge in [0, 0.05) is 12.2 Å². The van der Waals surface area contributed by atoms with E-state index in [2.05, 4.69) is 40.3 Å². The Morgan fingerprint density at radius 1 is 1.00 bits per heavy atom. The Kier molecular flexibility index (Phi) is 6.93. The molecule has 5 heteroatoms. The molecule has 0 fully saturated rings. The van der Waals surface area contributed by atoms with Crippen molar-refractivity contribution < 1.29 is 13.9 Å². The average molecular weight is 444 g/mol. The number of nitrogens with one attached hydrogen (secondary N) is 1. The molecule has 0 bridgehead atoms. The van der Waals surface area contributed by atoms with Crippen molar-refractivity contribution in [3.05, 3.63) is 87.6 Å². The normalized spacial score (nSPS) is 10.6. The van der Waals surface area contributed by atoms with Crippen molar-refractivity contribution in [2.75, 3.05) is 12.4 Å². The molecule has 0 spiro atoms. The first-order chi connectivity index (χ1) is 13.6. The molecule has 0 aliphatic rings. The Bertz CT molecular complexity index is 946. The number of rotatable bonds is 8. The van der Waals surface area contributed by atoms with Gasteiger partial charge in [-0.1, -0.05) is 37.3 Å². The molecular formula is C23H23BrFNO2. The SMILES string of the molecule is CCc1ccccc1NCc1cc(Br)c(OCc2cccc(F)c2)c(OC)c1. The summed E-state index contributed by atoms with van der Waals surface area (Å²) in [7, 11) is 1.61. The second-order valence-electron chi connectivity index (χ2n) is 6.39. The second-order valence-corrected chi connectivity index (χ2v) is 7.25. The lowest BCUT2D eigenvalue weighted by atomic mass is 10.1. The maximum atomic E-state index is 13.4. The minimum absolute atomic E-state index is 0.258. The van der Waals surface area contributed by atoms with Gasteiger partial charge in [-0.2, -0.15) is 0 Å². The summed E-state index contributed by atoms with van der Waals surface area (Å²) in [5.41, 5.74) is 4.23. The van der Waals surface area contributed by atoms with E-state index < -0.39 is 0 Å². The van der Waals surface area contributed by atoms with Gasteiger partial charge in [0.15, 0.2) is 11.5 Å². The first kappa shape index (κ1) is 20.2. The average Bonchev–Trinajstić information content (AvgIpc) is 2.71. The highest BCUT2D eigenvalue weighted by molar-refractivity contribution is 9.10. The first-order valence-corrected chi connectivity index (χ1v) is 9.95. The smallest absolute Gasteiger partial charge is 0.175 e. The lowest BCUT2D eigenvalue weighted by Crippen LogP contribution is -2.04. The van der Waals surface area contributed by atoms with Crippen LogP contribution in [0.1, 0.15) is 23.6 Å². The summed E-state index contributed by atoms with van der Waals surface area (Å²) in [6, 6.07) is 18.6. The van der Waals surface area contributed by atoms with Crippen molar-refractivity contribution in [3.8, 4) is 11.5 Å². The molecule has 1 N–H and O–H groups in total. The molecule has 3 aromatic carbocycles. The molecule has 0 heterocycles. The Morgan fingerprint density at radius 2 is 1.82 bits per heavy atom. The van der Waals surface area contributed by atoms with Gasteiger partial charge in [-0.05, 0) is 69.4 Å². The molecule has 0 saturated heterocycles. The van der Waals surface area contributed by atoms with Crippen LogP contribution < -0.4 is 14.8 Å². The fourth-order valence-corrected chi connectivity index (χ4v) is 3.60. The van der Waals surface area contributed by atoms with Gasteiger partial charge in [0.25, 0.3) is 0 Å². The van der Waals surface area contributed by atoms with Gasteiger partial charge in [-0.15, -0.1) is 0 Å². The Hall–Kier alpha value is -2.53. The van der Waals surface area contributed by atoms with Gasteiger partial charge in [-0.25, -0.2) is 4.39 Å². The van der Waals surface area contributed by atoms with Crippen molar-refractivity contribution in [3.63, 3.8) is 0 Å². The number of aryl methyl sites for hydroxylation is 1. The minimum atomic E-state index is -0.277. The molecule has 0 aliphatic carbocycles. The first-order valence-electron chi connectivity index (χ1n) is 9.16. The summed E-state index contributed by atoms with van der Waals surface area (Å²) in [6.45, 7) is 3.06. The van der Waals surface area contributed by atoms with Crippen LogP contribution >= 0.6 is 15.9 Å². The number of hydrogen-bond donors (Lipinski definition) is 1. The van der Waals surface area contributed by atoms with E-state index in [-0.39, 0.29) is 12.4 Å². The van der Waals surface area contributed by atoms with Crippen molar-refractivity contribution in [1.82, 2.24) is 0 Å². The summed E-state index contributed by atoms with van der Waals surface area (Å²) in [5.74, 6) is 0.955. The van der Waals surface area contributed by atoms with Crippen molar-refractivity contribution in [1.29, 1.82) is 0 Å². The molecule has 0 radical (unpaired) electrons. The highest BCUT2D eigenvalue weighted by Crippen LogP contribution is 2.37. The lowest BCUT2D eigenvalue weighted by molar-refractivity contribution is 0.282. The maximum Gasteiger partial charge on any atom is 0.175 e. The van der Waals surface area contributed by atoms with E-state index in [9.17, 15) is 4.39 Å². The van der Waals surface area contributed by atoms with E-state index in [0.29, 0.717) is 18.0 Å². The summed E-state index contributed by atoms with van der Waals surface area (Å²) < 4.78 is 25.6. The van der Waals surface area contributed by atoms with Gasteiger partial charge in [-0.3, -0.25) is 0 Å². The number of ether oxygens (including phenoxy) is 2. The number of methoxy groups -OCH3 is 1. The Morgan fingerprint density at radius 3 is 2.57 bits per heavy atom. The molecular weight excluding hydrogens is 421 g/mol. The van der Waals surface area contributed by atoms with Crippen molar-refractivity contribution >= 4 is 21.6 Å². The molecule has 0 saturated carbocycles. The minimum Gasteiger partial charge on any atom is -0.493 e. The standard InChI is InChI=1S/C23H23BrFNO2/c1-3-18-8-4-5-10-21(18)26-14-17-12-20(24)23(22(13-17)27-2)28-15-16-7-6-9-19(25)11-16/h4-13,26H,3,14-15H2,1-2H3. The fraction of sp³-hybridized carbons (Fsp3) is 0.217. The van der Waals surface area contributed by atoms with Gasteiger partial charge in [0.05, 0.1) is 11.6 Å². The number of halogens is 2. The van der Waals surface area contributed by atoms with Gasteiger partial charge >= 0.3 is 0 Å². The molecule has 0 aliphatic heterocycles. The second kappa shape index (κ2) is 9.60. The van der Waals surface area contributed by atoms with Crippen molar-refractivity contribution in [2.24, 2.45) is 0 Å². The van der Waals surface area contributed by atoms with Crippen LogP contribution in [0.25, 0.3) is 0 Å². The molecule has 3 rings (SSSR count). The topological polar surface area (TPSA) is 30.5 Å². The summed E-state index contributed by atoms with van der Waals surface area (Å²) >= 11 is 3.57. The predicted octanol–water partition coefficient (Wildman–Crippen LogP) is 6.35. The van der Waals surface area contributed by atoms with Crippen LogP contribution in [0, 0.1) is 5.82 Å². The van der Waals surface area contributed by atoms with Crippen LogP contribution in [0.3, 0.4) is 0 Å². The van der Waals surface area contributed by atoms with Gasteiger partial charge < -0.3 is 14.8 Å². The highest BCUT2D eigenvalue weighted by Gasteiger charge is 2.12. The zero-order valence-corrected chi connectivity index (χ0v) is 17.6. The third-order valence-electron chi connectivity index (χ3n) is 4.44. The number of benzene rings is 3. The van der Waals surface area contributed by atoms with E-state index in [1.165, 1.54) is 17.7 Å². The van der Waals surface area contributed by atoms with Crippen LogP contribution in [0.4, 0.5) is 10.1 Å². The number of para-hydroxylation sites is 1. The predicted molar refractivity (Wildman–Crippen MR) is 115 cm³/mol. The van der Waals surface area contributed by atoms with E-state index in [0.717, 1.165) is 27.7 Å². The van der Waals surface area contributed by atoms with Crippen LogP contribution in [-0.2, 0) is 19.6 Å². The zero-order chi connectivity index (χ0) is 19.9. The lowest BCUT2D eigenvalue weighted by Gasteiger charge is -2.16. The third-order valence-corrected chi connectivity index (χ3v) is 5.03. The largest absolute Gasteiger partial charge is 0.493 e. The van der Waals surface area contributed by atoms with Crippen LogP contribution in [0.15, 0.2) is 65.1 Å². The number of hydrogen-bond acceptors (Lipinski definition) is 3. The number of anilines is 1. The molecule has 0 amide bonds. The van der Waals surface area contributed by atoms with Crippen LogP contribution in [0.5, 0.6) is 11.5 Å². The van der Waals surface area contributed by atoms with Gasteiger partial charge in [0.1, 0.15) is 12.4 Å². The summed E-state index contributed by atoms with van der Waals surface area (Å²) in [6.07, 6.45) is 0.975. The molecule has 3 aromatic rings. The maximum absolute atomic E-state index is 13.4. The van der Waals surface area contributed by atoms with Crippen molar-refractivity contribution in [2.45, 2.75) is 26.5 Å².